The highest BCUT2D eigenvalue weighted by Crippen LogP contribution is 2.22. The second-order valence-corrected chi connectivity index (χ2v) is 5.69. The minimum absolute atomic E-state index is 0.247. The van der Waals surface area contributed by atoms with Crippen LogP contribution < -0.4 is 16.0 Å². The van der Waals surface area contributed by atoms with Crippen molar-refractivity contribution in [1.29, 1.82) is 0 Å². The molecule has 1 aromatic carbocycles. The summed E-state index contributed by atoms with van der Waals surface area (Å²) >= 11 is 0. The molecule has 1 aromatic rings. The normalized spacial score (nSPS) is 12.3. The molecule has 0 radical (unpaired) electrons. The Bertz CT molecular complexity index is 351. The van der Waals surface area contributed by atoms with Gasteiger partial charge in [0.05, 0.1) is 6.61 Å². The molecule has 0 fully saturated rings. The second-order valence-electron chi connectivity index (χ2n) is 5.69. The quantitative estimate of drug-likeness (QED) is 0.332. The maximum Gasteiger partial charge on any atom is 0.119 e. The lowest BCUT2D eigenvalue weighted by atomic mass is 10.0. The SMILES string of the molecule is CCCCCCCC(NN)c1ccc(OCCCC)cc1. The zero-order valence-electron chi connectivity index (χ0n) is 13.7. The van der Waals surface area contributed by atoms with Crippen molar-refractivity contribution in [2.75, 3.05) is 6.61 Å². The molecule has 21 heavy (non-hydrogen) atoms. The van der Waals surface area contributed by atoms with Gasteiger partial charge in [0, 0.05) is 6.04 Å². The summed E-state index contributed by atoms with van der Waals surface area (Å²) in [7, 11) is 0. The fraction of sp³-hybridized carbons (Fsp3) is 0.667. The predicted molar refractivity (Wildman–Crippen MR) is 90.3 cm³/mol. The Balaban J connectivity index is 2.38. The maximum absolute atomic E-state index is 5.70. The number of unbranched alkanes of at least 4 members (excludes halogenated alkanes) is 5. The van der Waals surface area contributed by atoms with Gasteiger partial charge in [0.2, 0.25) is 0 Å². The first kappa shape index (κ1) is 18.0. The van der Waals surface area contributed by atoms with Crippen molar-refractivity contribution >= 4 is 0 Å². The van der Waals surface area contributed by atoms with Crippen LogP contribution in [0.1, 0.15) is 76.8 Å². The molecular weight excluding hydrogens is 260 g/mol. The first-order valence-corrected chi connectivity index (χ1v) is 8.50. The largest absolute Gasteiger partial charge is 0.494 e. The molecule has 3 N–H and O–H groups in total. The highest BCUT2D eigenvalue weighted by Gasteiger charge is 2.09. The van der Waals surface area contributed by atoms with E-state index in [1.165, 1.54) is 37.7 Å². The molecular formula is C18H32N2O. The third-order valence-corrected chi connectivity index (χ3v) is 3.85. The zero-order chi connectivity index (χ0) is 15.3. The minimum Gasteiger partial charge on any atom is -0.494 e. The van der Waals surface area contributed by atoms with E-state index in [1.807, 2.05) is 12.1 Å². The van der Waals surface area contributed by atoms with E-state index in [1.54, 1.807) is 0 Å². The fourth-order valence-corrected chi connectivity index (χ4v) is 2.43. The second kappa shape index (κ2) is 11.6. The van der Waals surface area contributed by atoms with Crippen molar-refractivity contribution in [3.05, 3.63) is 29.8 Å². The molecule has 0 aliphatic heterocycles. The van der Waals surface area contributed by atoms with E-state index in [0.29, 0.717) is 0 Å². The Kier molecular flexibility index (Phi) is 9.92. The third-order valence-electron chi connectivity index (χ3n) is 3.85. The summed E-state index contributed by atoms with van der Waals surface area (Å²) in [5, 5.41) is 0. The lowest BCUT2D eigenvalue weighted by Gasteiger charge is -2.17. The van der Waals surface area contributed by atoms with Crippen LogP contribution in [0, 0.1) is 0 Å². The number of rotatable bonds is 12. The highest BCUT2D eigenvalue weighted by atomic mass is 16.5. The van der Waals surface area contributed by atoms with Crippen LogP contribution in [0.5, 0.6) is 5.75 Å². The molecule has 0 saturated heterocycles. The van der Waals surface area contributed by atoms with Crippen molar-refractivity contribution in [2.24, 2.45) is 5.84 Å². The summed E-state index contributed by atoms with van der Waals surface area (Å²) in [5.74, 6) is 6.65. The lowest BCUT2D eigenvalue weighted by Crippen LogP contribution is -2.27. The Labute approximate surface area is 130 Å². The number of hydrogen-bond acceptors (Lipinski definition) is 3. The number of nitrogens with one attached hydrogen (secondary N) is 1. The van der Waals surface area contributed by atoms with Crippen LogP contribution in [0.15, 0.2) is 24.3 Å². The molecule has 120 valence electrons. The standard InChI is InChI=1S/C18H32N2O/c1-3-5-7-8-9-10-18(20-19)16-11-13-17(14-12-16)21-15-6-4-2/h11-14,18,20H,3-10,15,19H2,1-2H3. The molecule has 0 aliphatic carbocycles. The molecule has 3 nitrogen and oxygen atoms in total. The van der Waals surface area contributed by atoms with Gasteiger partial charge in [0.1, 0.15) is 5.75 Å². The molecule has 1 unspecified atom stereocenters. The van der Waals surface area contributed by atoms with Crippen LogP contribution in [-0.2, 0) is 0 Å². The van der Waals surface area contributed by atoms with Crippen molar-refractivity contribution < 1.29 is 4.74 Å². The number of benzene rings is 1. The van der Waals surface area contributed by atoms with Gasteiger partial charge in [-0.1, -0.05) is 64.5 Å². The Morgan fingerprint density at radius 2 is 1.62 bits per heavy atom. The number of ether oxygens (including phenoxy) is 1. The van der Waals surface area contributed by atoms with E-state index in [4.69, 9.17) is 10.6 Å². The molecule has 3 heteroatoms. The molecule has 0 spiro atoms. The van der Waals surface area contributed by atoms with Crippen molar-refractivity contribution in [2.45, 2.75) is 71.3 Å². The molecule has 0 aliphatic rings. The maximum atomic E-state index is 5.70. The third kappa shape index (κ3) is 7.49. The van der Waals surface area contributed by atoms with E-state index < -0.39 is 0 Å². The molecule has 0 aromatic heterocycles. The van der Waals surface area contributed by atoms with Crippen molar-refractivity contribution in [1.82, 2.24) is 5.43 Å². The Morgan fingerprint density at radius 3 is 2.24 bits per heavy atom. The first-order chi connectivity index (χ1) is 10.3. The molecule has 1 rings (SSSR count). The van der Waals surface area contributed by atoms with Gasteiger partial charge >= 0.3 is 0 Å². The predicted octanol–water partition coefficient (Wildman–Crippen LogP) is 4.73. The average Bonchev–Trinajstić information content (AvgIpc) is 2.52. The number of nitrogens with two attached hydrogens (primary N) is 1. The van der Waals surface area contributed by atoms with E-state index in [0.717, 1.165) is 31.6 Å². The van der Waals surface area contributed by atoms with Gasteiger partial charge in [0.25, 0.3) is 0 Å². The first-order valence-electron chi connectivity index (χ1n) is 8.50. The van der Waals surface area contributed by atoms with Gasteiger partial charge in [-0.25, -0.2) is 0 Å². The summed E-state index contributed by atoms with van der Waals surface area (Å²) < 4.78 is 5.69. The van der Waals surface area contributed by atoms with Gasteiger partial charge in [-0.3, -0.25) is 11.3 Å². The lowest BCUT2D eigenvalue weighted by molar-refractivity contribution is 0.309. The van der Waals surface area contributed by atoms with Crippen LogP contribution in [0.25, 0.3) is 0 Å². The van der Waals surface area contributed by atoms with Crippen molar-refractivity contribution in [3.63, 3.8) is 0 Å². The van der Waals surface area contributed by atoms with E-state index >= 15 is 0 Å². The van der Waals surface area contributed by atoms with E-state index in [2.05, 4.69) is 31.4 Å². The molecule has 0 amide bonds. The van der Waals surface area contributed by atoms with Crippen LogP contribution >= 0.6 is 0 Å². The monoisotopic (exact) mass is 292 g/mol. The van der Waals surface area contributed by atoms with Crippen LogP contribution in [-0.4, -0.2) is 6.61 Å². The number of hydrogen-bond donors (Lipinski definition) is 2. The van der Waals surface area contributed by atoms with Crippen LogP contribution in [0.3, 0.4) is 0 Å². The van der Waals surface area contributed by atoms with Crippen LogP contribution in [0.2, 0.25) is 0 Å². The summed E-state index contributed by atoms with van der Waals surface area (Å²) in [4.78, 5) is 0. The van der Waals surface area contributed by atoms with Gasteiger partial charge in [-0.15, -0.1) is 0 Å². The smallest absolute Gasteiger partial charge is 0.119 e. The van der Waals surface area contributed by atoms with Crippen molar-refractivity contribution in [3.8, 4) is 5.75 Å². The molecule has 0 saturated carbocycles. The summed E-state index contributed by atoms with van der Waals surface area (Å²) in [5.41, 5.74) is 4.19. The van der Waals surface area contributed by atoms with Crippen LogP contribution in [0.4, 0.5) is 0 Å². The summed E-state index contributed by atoms with van der Waals surface area (Å²) in [6.45, 7) is 5.21. The molecule has 0 bridgehead atoms. The summed E-state index contributed by atoms with van der Waals surface area (Å²) in [6.07, 6.45) is 9.84. The number of hydrazine groups is 1. The molecule has 1 atom stereocenters. The fourth-order valence-electron chi connectivity index (χ4n) is 2.43. The topological polar surface area (TPSA) is 47.3 Å². The van der Waals surface area contributed by atoms with Gasteiger partial charge < -0.3 is 4.74 Å². The Hall–Kier alpha value is -1.06. The van der Waals surface area contributed by atoms with Gasteiger partial charge in [-0.05, 0) is 30.5 Å². The summed E-state index contributed by atoms with van der Waals surface area (Å²) in [6, 6.07) is 8.59. The zero-order valence-corrected chi connectivity index (χ0v) is 13.7. The highest BCUT2D eigenvalue weighted by molar-refractivity contribution is 5.29. The molecule has 0 heterocycles. The minimum atomic E-state index is 0.247. The van der Waals surface area contributed by atoms with Gasteiger partial charge in [-0.2, -0.15) is 0 Å². The van der Waals surface area contributed by atoms with E-state index in [9.17, 15) is 0 Å². The van der Waals surface area contributed by atoms with E-state index in [-0.39, 0.29) is 6.04 Å². The van der Waals surface area contributed by atoms with Gasteiger partial charge in [0.15, 0.2) is 0 Å². The Morgan fingerprint density at radius 1 is 0.952 bits per heavy atom. The average molecular weight is 292 g/mol.